The lowest BCUT2D eigenvalue weighted by Crippen LogP contribution is -2.44. The summed E-state index contributed by atoms with van der Waals surface area (Å²) in [7, 11) is 1.59. The van der Waals surface area contributed by atoms with Crippen LogP contribution in [-0.2, 0) is 11.2 Å². The van der Waals surface area contributed by atoms with E-state index in [0.717, 1.165) is 5.56 Å². The van der Waals surface area contributed by atoms with Gasteiger partial charge in [0.1, 0.15) is 17.3 Å². The van der Waals surface area contributed by atoms with Gasteiger partial charge in [-0.2, -0.15) is 0 Å². The van der Waals surface area contributed by atoms with Crippen molar-refractivity contribution in [2.45, 2.75) is 12.8 Å². The number of hydrogen-bond donors (Lipinski definition) is 1. The van der Waals surface area contributed by atoms with Crippen molar-refractivity contribution < 1.29 is 18.5 Å². The molecule has 1 aliphatic heterocycles. The standard InChI is InChI=1S/C23H22FN3O3/c1-25-22(29)23(14-19-13-20(26-30-19)16-5-3-2-4-6-16)11-12-27(15-23)21(28)17-7-9-18(24)10-8-17/h2-10,13H,11-12,14-15H2,1H3,(H,25,29)/t23-/m1/s1. The summed E-state index contributed by atoms with van der Waals surface area (Å²) in [4.78, 5) is 27.3. The molecular weight excluding hydrogens is 385 g/mol. The molecule has 0 aliphatic carbocycles. The Labute approximate surface area is 173 Å². The van der Waals surface area contributed by atoms with E-state index >= 15 is 0 Å². The Morgan fingerprint density at radius 2 is 1.90 bits per heavy atom. The molecule has 7 heteroatoms. The summed E-state index contributed by atoms with van der Waals surface area (Å²) in [6.45, 7) is 0.688. The molecule has 1 saturated heterocycles. The molecular formula is C23H22FN3O3. The number of nitrogens with one attached hydrogen (secondary N) is 1. The van der Waals surface area contributed by atoms with E-state index in [0.29, 0.717) is 36.4 Å². The van der Waals surface area contributed by atoms with E-state index < -0.39 is 11.2 Å². The van der Waals surface area contributed by atoms with E-state index in [1.54, 1.807) is 11.9 Å². The molecule has 3 aromatic rings. The van der Waals surface area contributed by atoms with Gasteiger partial charge in [-0.1, -0.05) is 35.5 Å². The highest BCUT2D eigenvalue weighted by molar-refractivity contribution is 5.95. The van der Waals surface area contributed by atoms with Gasteiger partial charge in [-0.15, -0.1) is 0 Å². The van der Waals surface area contributed by atoms with Crippen LogP contribution in [0.5, 0.6) is 0 Å². The van der Waals surface area contributed by atoms with Crippen molar-refractivity contribution in [3.63, 3.8) is 0 Å². The Kier molecular flexibility index (Phi) is 5.35. The maximum absolute atomic E-state index is 13.2. The van der Waals surface area contributed by atoms with Crippen LogP contribution in [0.4, 0.5) is 4.39 Å². The molecule has 0 saturated carbocycles. The number of carbonyl (C=O) groups is 2. The van der Waals surface area contributed by atoms with Crippen LogP contribution in [0, 0.1) is 11.2 Å². The van der Waals surface area contributed by atoms with Crippen LogP contribution in [0.3, 0.4) is 0 Å². The molecule has 2 aromatic carbocycles. The molecule has 6 nitrogen and oxygen atoms in total. The highest BCUT2D eigenvalue weighted by Crippen LogP contribution is 2.36. The van der Waals surface area contributed by atoms with E-state index in [-0.39, 0.29) is 18.4 Å². The molecule has 2 heterocycles. The van der Waals surface area contributed by atoms with Gasteiger partial charge in [-0.25, -0.2) is 4.39 Å². The van der Waals surface area contributed by atoms with Gasteiger partial charge in [-0.3, -0.25) is 9.59 Å². The number of benzene rings is 2. The fourth-order valence-corrected chi connectivity index (χ4v) is 3.97. The molecule has 1 N–H and O–H groups in total. The van der Waals surface area contributed by atoms with Crippen molar-refractivity contribution in [1.82, 2.24) is 15.4 Å². The maximum atomic E-state index is 13.2. The van der Waals surface area contributed by atoms with Gasteiger partial charge >= 0.3 is 0 Å². The average molecular weight is 407 g/mol. The van der Waals surface area contributed by atoms with Crippen molar-refractivity contribution >= 4 is 11.8 Å². The summed E-state index contributed by atoms with van der Waals surface area (Å²) in [6, 6.07) is 16.9. The number of carbonyl (C=O) groups excluding carboxylic acids is 2. The quantitative estimate of drug-likeness (QED) is 0.704. The molecule has 4 rings (SSSR count). The SMILES string of the molecule is CNC(=O)[C@@]1(Cc2cc(-c3ccccc3)no2)CCN(C(=O)c2ccc(F)cc2)C1. The predicted octanol–water partition coefficient (Wildman–Crippen LogP) is 3.30. The zero-order valence-corrected chi connectivity index (χ0v) is 16.6. The minimum Gasteiger partial charge on any atom is -0.361 e. The maximum Gasteiger partial charge on any atom is 0.253 e. The van der Waals surface area contributed by atoms with Gasteiger partial charge < -0.3 is 14.7 Å². The molecule has 30 heavy (non-hydrogen) atoms. The predicted molar refractivity (Wildman–Crippen MR) is 109 cm³/mol. The summed E-state index contributed by atoms with van der Waals surface area (Å²) in [6.07, 6.45) is 0.834. The Bertz CT molecular complexity index is 1050. The van der Waals surface area contributed by atoms with E-state index in [1.807, 2.05) is 36.4 Å². The van der Waals surface area contributed by atoms with Crippen LogP contribution in [0.2, 0.25) is 0 Å². The number of aromatic nitrogens is 1. The first kappa shape index (κ1) is 19.8. The first-order valence-electron chi connectivity index (χ1n) is 9.79. The molecule has 1 aromatic heterocycles. The molecule has 1 aliphatic rings. The topological polar surface area (TPSA) is 75.4 Å². The molecule has 0 spiro atoms. The first-order chi connectivity index (χ1) is 14.5. The van der Waals surface area contributed by atoms with Crippen molar-refractivity contribution in [3.8, 4) is 11.3 Å². The number of halogens is 1. The van der Waals surface area contributed by atoms with Crippen LogP contribution >= 0.6 is 0 Å². The van der Waals surface area contributed by atoms with Crippen molar-refractivity contribution in [2.75, 3.05) is 20.1 Å². The average Bonchev–Trinajstić information content (AvgIpc) is 3.42. The van der Waals surface area contributed by atoms with Gasteiger partial charge in [0, 0.05) is 43.8 Å². The second-order valence-corrected chi connectivity index (χ2v) is 7.56. The normalized spacial score (nSPS) is 18.4. The van der Waals surface area contributed by atoms with Crippen molar-refractivity contribution in [1.29, 1.82) is 0 Å². The Morgan fingerprint density at radius 1 is 1.17 bits per heavy atom. The summed E-state index contributed by atoms with van der Waals surface area (Å²) in [5.74, 6) is -0.168. The van der Waals surface area contributed by atoms with Gasteiger partial charge in [0.2, 0.25) is 5.91 Å². The highest BCUT2D eigenvalue weighted by Gasteiger charge is 2.46. The zero-order valence-electron chi connectivity index (χ0n) is 16.6. The van der Waals surface area contributed by atoms with Crippen LogP contribution in [0.25, 0.3) is 11.3 Å². The van der Waals surface area contributed by atoms with Gasteiger partial charge in [-0.05, 0) is 30.7 Å². The minimum atomic E-state index is -0.808. The summed E-state index contributed by atoms with van der Waals surface area (Å²) < 4.78 is 18.7. The number of hydrogen-bond acceptors (Lipinski definition) is 4. The lowest BCUT2D eigenvalue weighted by atomic mass is 9.81. The van der Waals surface area contributed by atoms with Crippen LogP contribution in [-0.4, -0.2) is 42.0 Å². The van der Waals surface area contributed by atoms with Crippen LogP contribution in [0.1, 0.15) is 22.5 Å². The molecule has 0 unspecified atom stereocenters. The first-order valence-corrected chi connectivity index (χ1v) is 9.79. The van der Waals surface area contributed by atoms with Gasteiger partial charge in [0.25, 0.3) is 5.91 Å². The Morgan fingerprint density at radius 3 is 2.60 bits per heavy atom. The molecule has 0 radical (unpaired) electrons. The van der Waals surface area contributed by atoms with E-state index in [9.17, 15) is 14.0 Å². The molecule has 2 amide bonds. The third-order valence-electron chi connectivity index (χ3n) is 5.58. The third kappa shape index (κ3) is 3.83. The molecule has 1 atom stereocenters. The Hall–Kier alpha value is -3.48. The van der Waals surface area contributed by atoms with E-state index in [4.69, 9.17) is 4.52 Å². The summed E-state index contributed by atoms with van der Waals surface area (Å²) in [5, 5.41) is 6.86. The van der Waals surface area contributed by atoms with Crippen molar-refractivity contribution in [2.24, 2.45) is 5.41 Å². The lowest BCUT2D eigenvalue weighted by Gasteiger charge is -2.26. The van der Waals surface area contributed by atoms with Crippen molar-refractivity contribution in [3.05, 3.63) is 77.8 Å². The number of amides is 2. The number of likely N-dealkylation sites (tertiary alicyclic amines) is 1. The number of nitrogens with zero attached hydrogens (tertiary/aromatic N) is 2. The largest absolute Gasteiger partial charge is 0.361 e. The fourth-order valence-electron chi connectivity index (χ4n) is 3.97. The summed E-state index contributed by atoms with van der Waals surface area (Å²) >= 11 is 0. The lowest BCUT2D eigenvalue weighted by molar-refractivity contribution is -0.130. The van der Waals surface area contributed by atoms with Crippen LogP contribution in [0.15, 0.2) is 65.2 Å². The minimum absolute atomic E-state index is 0.144. The molecule has 154 valence electrons. The molecule has 1 fully saturated rings. The second-order valence-electron chi connectivity index (χ2n) is 7.56. The molecule has 0 bridgehead atoms. The fraction of sp³-hybridized carbons (Fsp3) is 0.261. The van der Waals surface area contributed by atoms with Gasteiger partial charge in [0.05, 0.1) is 5.41 Å². The second kappa shape index (κ2) is 8.10. The van der Waals surface area contributed by atoms with Crippen LogP contribution < -0.4 is 5.32 Å². The van der Waals surface area contributed by atoms with E-state index in [1.165, 1.54) is 24.3 Å². The monoisotopic (exact) mass is 407 g/mol. The smallest absolute Gasteiger partial charge is 0.253 e. The highest BCUT2D eigenvalue weighted by atomic mass is 19.1. The third-order valence-corrected chi connectivity index (χ3v) is 5.58. The zero-order chi connectivity index (χ0) is 21.1. The Balaban J connectivity index is 1.54. The van der Waals surface area contributed by atoms with Gasteiger partial charge in [0.15, 0.2) is 0 Å². The summed E-state index contributed by atoms with van der Waals surface area (Å²) in [5.41, 5.74) is 1.23. The number of rotatable bonds is 5. The van der Waals surface area contributed by atoms with E-state index in [2.05, 4.69) is 10.5 Å².